The van der Waals surface area contributed by atoms with Gasteiger partial charge in [-0.05, 0) is 98.3 Å². The predicted octanol–water partition coefficient (Wildman–Crippen LogP) is 9.14. The van der Waals surface area contributed by atoms with Crippen LogP contribution in [0.4, 0.5) is 5.69 Å². The second-order valence-electron chi connectivity index (χ2n) is 6.89. The van der Waals surface area contributed by atoms with E-state index in [0.29, 0.717) is 41.6 Å². The normalized spacial score (nSPS) is 15.8. The van der Waals surface area contributed by atoms with Gasteiger partial charge >= 0.3 is 0 Å². The van der Waals surface area contributed by atoms with Crippen LogP contribution in [0, 0.1) is 3.57 Å². The highest BCUT2D eigenvalue weighted by atomic mass is 127. The van der Waals surface area contributed by atoms with E-state index in [1.54, 1.807) is 36.4 Å². The number of amides is 1. The van der Waals surface area contributed by atoms with E-state index < -0.39 is 0 Å². The second-order valence-corrected chi connectivity index (χ2v) is 11.6. The SMILES string of the molecule is O=C1NC(=Nc2cccc(Cl)c2Cl)S/C1=C\c1cc(Br)c(OCc2ccc(Cl)cc2Cl)c(I)c1. The molecule has 3 aromatic carbocycles. The number of hydrogen-bond donors (Lipinski definition) is 1. The van der Waals surface area contributed by atoms with Gasteiger partial charge in [0.15, 0.2) is 5.17 Å². The van der Waals surface area contributed by atoms with Gasteiger partial charge in [-0.15, -0.1) is 0 Å². The maximum atomic E-state index is 12.5. The van der Waals surface area contributed by atoms with Crippen LogP contribution >= 0.6 is 96.7 Å². The molecule has 1 saturated heterocycles. The predicted molar refractivity (Wildman–Crippen MR) is 155 cm³/mol. The molecule has 11 heteroatoms. The lowest BCUT2D eigenvalue weighted by Gasteiger charge is -2.12. The van der Waals surface area contributed by atoms with Crippen LogP contribution in [0.15, 0.2) is 62.9 Å². The summed E-state index contributed by atoms with van der Waals surface area (Å²) in [6, 6.07) is 14.2. The first-order valence-corrected chi connectivity index (χ1v) is 13.7. The fourth-order valence-corrected chi connectivity index (χ4v) is 6.31. The Labute approximate surface area is 242 Å². The molecule has 1 fully saturated rings. The Morgan fingerprint density at radius 1 is 1.09 bits per heavy atom. The van der Waals surface area contributed by atoms with Crippen molar-refractivity contribution < 1.29 is 9.53 Å². The van der Waals surface area contributed by atoms with Crippen molar-refractivity contribution in [3.63, 3.8) is 0 Å². The molecular formula is C23H12BrCl4IN2O2S. The molecule has 1 N–H and O–H groups in total. The van der Waals surface area contributed by atoms with E-state index in [1.807, 2.05) is 18.2 Å². The van der Waals surface area contributed by atoms with E-state index in [1.165, 1.54) is 11.8 Å². The molecule has 0 aromatic heterocycles. The zero-order valence-corrected chi connectivity index (χ0v) is 24.4. The van der Waals surface area contributed by atoms with Gasteiger partial charge in [0.25, 0.3) is 5.91 Å². The minimum Gasteiger partial charge on any atom is -0.487 e. The number of halogens is 6. The summed E-state index contributed by atoms with van der Waals surface area (Å²) < 4.78 is 7.61. The lowest BCUT2D eigenvalue weighted by molar-refractivity contribution is -0.115. The minimum atomic E-state index is -0.245. The fraction of sp³-hybridized carbons (Fsp3) is 0.0435. The molecule has 0 aliphatic carbocycles. The summed E-state index contributed by atoms with van der Waals surface area (Å²) in [5.74, 6) is 0.431. The number of carbonyl (C=O) groups excluding carboxylic acids is 1. The minimum absolute atomic E-state index is 0.245. The summed E-state index contributed by atoms with van der Waals surface area (Å²) in [6.45, 7) is 0.287. The fourth-order valence-electron chi connectivity index (χ4n) is 2.91. The van der Waals surface area contributed by atoms with Crippen molar-refractivity contribution in [2.75, 3.05) is 0 Å². The summed E-state index contributed by atoms with van der Waals surface area (Å²) in [5, 5.41) is 5.02. The van der Waals surface area contributed by atoms with Crippen LogP contribution in [-0.2, 0) is 11.4 Å². The zero-order valence-electron chi connectivity index (χ0n) is 16.8. The summed E-state index contributed by atoms with van der Waals surface area (Å²) in [6.07, 6.45) is 1.79. The van der Waals surface area contributed by atoms with Gasteiger partial charge in [-0.3, -0.25) is 4.79 Å². The lowest BCUT2D eigenvalue weighted by atomic mass is 10.2. The van der Waals surface area contributed by atoms with Gasteiger partial charge in [0.05, 0.1) is 28.7 Å². The Balaban J connectivity index is 1.52. The summed E-state index contributed by atoms with van der Waals surface area (Å²) in [4.78, 5) is 17.4. The van der Waals surface area contributed by atoms with Crippen molar-refractivity contribution in [2.45, 2.75) is 6.61 Å². The number of thioether (sulfide) groups is 1. The average Bonchev–Trinajstić information content (AvgIpc) is 3.10. The number of nitrogens with one attached hydrogen (secondary N) is 1. The van der Waals surface area contributed by atoms with E-state index in [0.717, 1.165) is 19.2 Å². The van der Waals surface area contributed by atoms with Crippen LogP contribution < -0.4 is 10.1 Å². The maximum Gasteiger partial charge on any atom is 0.264 e. The van der Waals surface area contributed by atoms with Crippen LogP contribution in [0.3, 0.4) is 0 Å². The van der Waals surface area contributed by atoms with Crippen LogP contribution in [0.2, 0.25) is 20.1 Å². The Morgan fingerprint density at radius 3 is 2.62 bits per heavy atom. The Hall–Kier alpha value is -0.940. The van der Waals surface area contributed by atoms with Crippen LogP contribution in [-0.4, -0.2) is 11.1 Å². The summed E-state index contributed by atoms with van der Waals surface area (Å²) >= 11 is 31.4. The molecule has 0 saturated carbocycles. The third-order valence-corrected chi connectivity index (χ3v) is 8.21. The van der Waals surface area contributed by atoms with E-state index >= 15 is 0 Å². The third kappa shape index (κ3) is 6.24. The molecule has 3 aromatic rings. The van der Waals surface area contributed by atoms with E-state index in [4.69, 9.17) is 51.1 Å². The quantitative estimate of drug-likeness (QED) is 0.211. The zero-order chi connectivity index (χ0) is 24.4. The molecule has 1 heterocycles. The second kappa shape index (κ2) is 11.4. The Bertz CT molecular complexity index is 1340. The molecule has 0 bridgehead atoms. The molecule has 1 aliphatic rings. The third-order valence-electron chi connectivity index (χ3n) is 4.51. The number of benzene rings is 3. The highest BCUT2D eigenvalue weighted by Gasteiger charge is 2.24. The average molecular weight is 729 g/mol. The van der Waals surface area contributed by atoms with E-state index in [9.17, 15) is 4.79 Å². The number of nitrogens with zero attached hydrogens (tertiary/aromatic N) is 1. The van der Waals surface area contributed by atoms with Crippen molar-refractivity contribution in [1.82, 2.24) is 5.32 Å². The largest absolute Gasteiger partial charge is 0.487 e. The van der Waals surface area contributed by atoms with Crippen LogP contribution in [0.25, 0.3) is 6.08 Å². The van der Waals surface area contributed by atoms with Gasteiger partial charge in [-0.1, -0.05) is 58.5 Å². The van der Waals surface area contributed by atoms with Gasteiger partial charge in [0.1, 0.15) is 12.4 Å². The topological polar surface area (TPSA) is 50.7 Å². The monoisotopic (exact) mass is 726 g/mol. The molecule has 174 valence electrons. The van der Waals surface area contributed by atoms with E-state index in [-0.39, 0.29) is 12.5 Å². The molecule has 4 nitrogen and oxygen atoms in total. The number of carbonyl (C=O) groups is 1. The molecule has 0 atom stereocenters. The molecule has 4 rings (SSSR count). The number of aliphatic imine (C=N–C) groups is 1. The van der Waals surface area contributed by atoms with Gasteiger partial charge in [-0.25, -0.2) is 4.99 Å². The first-order valence-electron chi connectivity index (χ1n) is 9.50. The molecule has 0 spiro atoms. The molecule has 34 heavy (non-hydrogen) atoms. The molecule has 1 amide bonds. The van der Waals surface area contributed by atoms with Crippen molar-refractivity contribution >= 4 is 120 Å². The molecule has 0 radical (unpaired) electrons. The van der Waals surface area contributed by atoms with Crippen molar-refractivity contribution in [3.05, 3.63) is 92.7 Å². The molecule has 0 unspecified atom stereocenters. The highest BCUT2D eigenvalue weighted by molar-refractivity contribution is 14.1. The van der Waals surface area contributed by atoms with Crippen molar-refractivity contribution in [2.24, 2.45) is 4.99 Å². The number of rotatable bonds is 5. The first kappa shape index (κ1) is 26.1. The Kier molecular flexibility index (Phi) is 8.77. The number of ether oxygens (including phenoxy) is 1. The van der Waals surface area contributed by atoms with Gasteiger partial charge in [-0.2, -0.15) is 0 Å². The number of amidine groups is 1. The van der Waals surface area contributed by atoms with Crippen molar-refractivity contribution in [3.8, 4) is 5.75 Å². The molecule has 1 aliphatic heterocycles. The standard InChI is InChI=1S/C23H12BrCl4IN2O2S/c24-14-6-11(7-17(29)21(14)33-10-12-4-5-13(25)9-16(12)27)8-19-22(32)31-23(34-19)30-18-3-1-2-15(26)20(18)28/h1-9H,10H2,(H,30,31,32)/b19-8-. The van der Waals surface area contributed by atoms with E-state index in [2.05, 4.69) is 48.8 Å². The van der Waals surface area contributed by atoms with Gasteiger partial charge < -0.3 is 10.1 Å². The lowest BCUT2D eigenvalue weighted by Crippen LogP contribution is -2.19. The van der Waals surface area contributed by atoms with Gasteiger partial charge in [0.2, 0.25) is 0 Å². The number of hydrogen-bond acceptors (Lipinski definition) is 4. The summed E-state index contributed by atoms with van der Waals surface area (Å²) in [7, 11) is 0. The Morgan fingerprint density at radius 2 is 1.88 bits per heavy atom. The van der Waals surface area contributed by atoms with Gasteiger partial charge in [0, 0.05) is 15.6 Å². The van der Waals surface area contributed by atoms with Crippen molar-refractivity contribution in [1.29, 1.82) is 0 Å². The summed E-state index contributed by atoms with van der Waals surface area (Å²) in [5.41, 5.74) is 2.14. The molecular weight excluding hydrogens is 717 g/mol. The van der Waals surface area contributed by atoms with Crippen LogP contribution in [0.1, 0.15) is 11.1 Å². The smallest absolute Gasteiger partial charge is 0.264 e. The first-order chi connectivity index (χ1) is 16.2. The van der Waals surface area contributed by atoms with Crippen LogP contribution in [0.5, 0.6) is 5.75 Å². The highest BCUT2D eigenvalue weighted by Crippen LogP contribution is 2.37. The maximum absolute atomic E-state index is 12.5.